The highest BCUT2D eigenvalue weighted by atomic mass is 79.9. The molecule has 0 aliphatic carbocycles. The number of nitrogens with zero attached hydrogens (tertiary/aromatic N) is 4. The topological polar surface area (TPSA) is 54.7 Å². The van der Waals surface area contributed by atoms with Crippen molar-refractivity contribution in [3.05, 3.63) is 63.0 Å². The van der Waals surface area contributed by atoms with Gasteiger partial charge in [0, 0.05) is 55.5 Å². The van der Waals surface area contributed by atoms with Gasteiger partial charge in [-0.1, -0.05) is 23.7 Å². The molecule has 0 bridgehead atoms. The molecule has 0 radical (unpaired) electrons. The van der Waals surface area contributed by atoms with E-state index in [0.717, 1.165) is 79.6 Å². The van der Waals surface area contributed by atoms with E-state index in [9.17, 15) is 0 Å². The van der Waals surface area contributed by atoms with Crippen molar-refractivity contribution in [2.75, 3.05) is 32.8 Å². The number of hydrogen-bond donors (Lipinski definition) is 1. The lowest BCUT2D eigenvalue weighted by Crippen LogP contribution is -2.34. The third-order valence-electron chi connectivity index (χ3n) is 6.91. The average molecular weight is 533 g/mol. The molecule has 8 heteroatoms. The van der Waals surface area contributed by atoms with Crippen molar-refractivity contribution in [3.8, 4) is 0 Å². The highest BCUT2D eigenvalue weighted by Crippen LogP contribution is 2.30. The van der Waals surface area contributed by atoms with Crippen LogP contribution in [0.5, 0.6) is 0 Å². The molecule has 6 nitrogen and oxygen atoms in total. The smallest absolute Gasteiger partial charge is 0.160 e. The van der Waals surface area contributed by atoms with Gasteiger partial charge in [-0.2, -0.15) is 5.10 Å². The summed E-state index contributed by atoms with van der Waals surface area (Å²) in [5.41, 5.74) is 4.64. The van der Waals surface area contributed by atoms with E-state index in [2.05, 4.69) is 48.9 Å². The van der Waals surface area contributed by atoms with Gasteiger partial charge in [-0.3, -0.25) is 4.90 Å². The Kier molecular flexibility index (Phi) is 7.62. The van der Waals surface area contributed by atoms with Crippen molar-refractivity contribution in [3.63, 3.8) is 0 Å². The molecular weight excluding hydrogens is 502 g/mol. The molecular formula is C25H31BrClN5O. The van der Waals surface area contributed by atoms with Crippen molar-refractivity contribution < 1.29 is 4.74 Å². The van der Waals surface area contributed by atoms with Gasteiger partial charge in [0.25, 0.3) is 0 Å². The first-order chi connectivity index (χ1) is 16.2. The lowest BCUT2D eigenvalue weighted by molar-refractivity contribution is 0.0662. The summed E-state index contributed by atoms with van der Waals surface area (Å²) in [6.07, 6.45) is 6.58. The van der Waals surface area contributed by atoms with Crippen LogP contribution in [0.3, 0.4) is 0 Å². The largest absolute Gasteiger partial charge is 0.381 e. The summed E-state index contributed by atoms with van der Waals surface area (Å²) >= 11 is 9.76. The summed E-state index contributed by atoms with van der Waals surface area (Å²) in [5.74, 6) is 1.13. The van der Waals surface area contributed by atoms with Crippen molar-refractivity contribution in [1.82, 2.24) is 24.8 Å². The predicted molar refractivity (Wildman–Crippen MR) is 135 cm³/mol. The molecule has 2 aliphatic rings. The molecule has 2 fully saturated rings. The fraction of sp³-hybridized carbons (Fsp3) is 0.520. The average Bonchev–Trinajstić information content (AvgIpc) is 3.16. The number of halogens is 2. The molecule has 2 aromatic heterocycles. The second kappa shape index (κ2) is 10.8. The highest BCUT2D eigenvalue weighted by Gasteiger charge is 2.25. The molecule has 2 saturated heterocycles. The summed E-state index contributed by atoms with van der Waals surface area (Å²) in [6.45, 7) is 6.64. The number of nitrogens with one attached hydrogen (secondary N) is 1. The Hall–Kier alpha value is -1.51. The van der Waals surface area contributed by atoms with Crippen LogP contribution < -0.4 is 5.32 Å². The molecule has 176 valence electrons. The zero-order valence-corrected chi connectivity index (χ0v) is 21.2. The molecule has 1 unspecified atom stereocenters. The van der Waals surface area contributed by atoms with Gasteiger partial charge in [0.15, 0.2) is 5.65 Å². The zero-order chi connectivity index (χ0) is 22.6. The fourth-order valence-corrected chi connectivity index (χ4v) is 5.69. The molecule has 1 atom stereocenters. The molecule has 4 heterocycles. The third-order valence-corrected chi connectivity index (χ3v) is 7.80. The fourth-order valence-electron chi connectivity index (χ4n) is 5.08. The Labute approximate surface area is 208 Å². The van der Waals surface area contributed by atoms with Gasteiger partial charge < -0.3 is 10.1 Å². The molecule has 2 aliphatic heterocycles. The molecule has 0 saturated carbocycles. The van der Waals surface area contributed by atoms with Gasteiger partial charge in [-0.15, -0.1) is 0 Å². The van der Waals surface area contributed by atoms with Gasteiger partial charge in [0.05, 0.1) is 5.69 Å². The lowest BCUT2D eigenvalue weighted by Gasteiger charge is -2.33. The zero-order valence-electron chi connectivity index (χ0n) is 18.9. The summed E-state index contributed by atoms with van der Waals surface area (Å²) in [4.78, 5) is 7.24. The molecule has 1 aromatic carbocycles. The maximum atomic E-state index is 6.06. The second-order valence-corrected chi connectivity index (χ2v) is 10.4. The SMILES string of the molecule is Clc1ccc(CN2CCCC(c3ccnc4c(CNCC5CCOCC5)c(Br)nn34)C2)cc1. The first-order valence-electron chi connectivity index (χ1n) is 11.9. The number of benzene rings is 1. The summed E-state index contributed by atoms with van der Waals surface area (Å²) < 4.78 is 8.42. The Balaban J connectivity index is 1.28. The maximum Gasteiger partial charge on any atom is 0.160 e. The van der Waals surface area contributed by atoms with Crippen molar-refractivity contribution in [1.29, 1.82) is 0 Å². The Bertz CT molecular complexity index is 1070. The number of piperidine rings is 1. The molecule has 5 rings (SSSR count). The lowest BCUT2D eigenvalue weighted by atomic mass is 9.94. The highest BCUT2D eigenvalue weighted by molar-refractivity contribution is 9.10. The third kappa shape index (κ3) is 5.60. The monoisotopic (exact) mass is 531 g/mol. The first-order valence-corrected chi connectivity index (χ1v) is 13.1. The Morgan fingerprint density at radius 1 is 1.12 bits per heavy atom. The van der Waals surface area contributed by atoms with Crippen LogP contribution >= 0.6 is 27.5 Å². The van der Waals surface area contributed by atoms with Crippen molar-refractivity contribution in [2.24, 2.45) is 5.92 Å². The van der Waals surface area contributed by atoms with Gasteiger partial charge >= 0.3 is 0 Å². The van der Waals surface area contributed by atoms with Crippen LogP contribution in [0, 0.1) is 5.92 Å². The minimum Gasteiger partial charge on any atom is -0.381 e. The van der Waals surface area contributed by atoms with E-state index in [1.54, 1.807) is 0 Å². The van der Waals surface area contributed by atoms with E-state index in [1.165, 1.54) is 24.1 Å². The van der Waals surface area contributed by atoms with Crippen LogP contribution in [0.1, 0.15) is 48.4 Å². The normalized spacial score (nSPS) is 20.5. The van der Waals surface area contributed by atoms with Crippen LogP contribution in [0.15, 0.2) is 41.1 Å². The van der Waals surface area contributed by atoms with E-state index in [0.29, 0.717) is 11.8 Å². The summed E-state index contributed by atoms with van der Waals surface area (Å²) in [6, 6.07) is 10.3. The van der Waals surface area contributed by atoms with E-state index >= 15 is 0 Å². The Morgan fingerprint density at radius 3 is 2.76 bits per heavy atom. The standard InChI is InChI=1S/C25H31BrClN5O/c26-24-22(15-28-14-18-8-12-33-13-9-18)25-29-10-7-23(32(25)30-24)20-2-1-11-31(17-20)16-19-3-5-21(27)6-4-19/h3-7,10,18,20,28H,1-2,8-9,11-17H2. The quantitative estimate of drug-likeness (QED) is 0.462. The first kappa shape index (κ1) is 23.2. The number of ether oxygens (including phenoxy) is 1. The molecule has 3 aromatic rings. The van der Waals surface area contributed by atoms with Crippen molar-refractivity contribution >= 4 is 33.2 Å². The van der Waals surface area contributed by atoms with E-state index < -0.39 is 0 Å². The van der Waals surface area contributed by atoms with E-state index in [1.807, 2.05) is 18.3 Å². The van der Waals surface area contributed by atoms with E-state index in [-0.39, 0.29) is 0 Å². The molecule has 33 heavy (non-hydrogen) atoms. The Morgan fingerprint density at radius 2 is 1.94 bits per heavy atom. The molecule has 1 N–H and O–H groups in total. The summed E-state index contributed by atoms with van der Waals surface area (Å²) in [5, 5.41) is 9.27. The number of hydrogen-bond acceptors (Lipinski definition) is 5. The molecule has 0 amide bonds. The minimum atomic E-state index is 0.436. The molecule has 0 spiro atoms. The number of likely N-dealkylation sites (tertiary alicyclic amines) is 1. The van der Waals surface area contributed by atoms with Gasteiger partial charge in [-0.25, -0.2) is 9.50 Å². The maximum absolute atomic E-state index is 6.06. The second-order valence-electron chi connectivity index (χ2n) is 9.26. The predicted octanol–water partition coefficient (Wildman–Crippen LogP) is 5.04. The number of aromatic nitrogens is 3. The number of fused-ring (bicyclic) bond motifs is 1. The van der Waals surface area contributed by atoms with Crippen LogP contribution in [-0.2, 0) is 17.8 Å². The number of rotatable bonds is 7. The van der Waals surface area contributed by atoms with Crippen LogP contribution in [-0.4, -0.2) is 52.3 Å². The van der Waals surface area contributed by atoms with Gasteiger partial charge in [-0.05, 0) is 84.4 Å². The minimum absolute atomic E-state index is 0.436. The van der Waals surface area contributed by atoms with E-state index in [4.69, 9.17) is 26.4 Å². The van der Waals surface area contributed by atoms with Crippen LogP contribution in [0.4, 0.5) is 0 Å². The van der Waals surface area contributed by atoms with Crippen LogP contribution in [0.2, 0.25) is 5.02 Å². The van der Waals surface area contributed by atoms with Crippen molar-refractivity contribution in [2.45, 2.75) is 44.7 Å². The summed E-state index contributed by atoms with van der Waals surface area (Å²) in [7, 11) is 0. The van der Waals surface area contributed by atoms with Crippen LogP contribution in [0.25, 0.3) is 5.65 Å². The van der Waals surface area contributed by atoms with Gasteiger partial charge in [0.2, 0.25) is 0 Å². The van der Waals surface area contributed by atoms with Gasteiger partial charge in [0.1, 0.15) is 4.60 Å².